The van der Waals surface area contributed by atoms with Gasteiger partial charge in [0.25, 0.3) is 0 Å². The van der Waals surface area contributed by atoms with Crippen LogP contribution in [0.3, 0.4) is 0 Å². The first-order valence-corrected chi connectivity index (χ1v) is 6.85. The van der Waals surface area contributed by atoms with E-state index < -0.39 is 5.60 Å². The fourth-order valence-corrected chi connectivity index (χ4v) is 2.29. The Hall–Kier alpha value is -1.59. The maximum Gasteiger partial charge on any atom is 0.138 e. The summed E-state index contributed by atoms with van der Waals surface area (Å²) in [5.74, 6) is 1.74. The SMILES string of the molecule is CCc1c(Cl)nc(C)nc1NCC(C)(O)c1ccco1. The highest BCUT2D eigenvalue weighted by atomic mass is 35.5. The van der Waals surface area contributed by atoms with Crippen LogP contribution in [-0.2, 0) is 12.0 Å². The molecule has 2 N–H and O–H groups in total. The molecule has 0 spiro atoms. The number of aliphatic hydroxyl groups is 1. The van der Waals surface area contributed by atoms with E-state index in [9.17, 15) is 5.11 Å². The highest BCUT2D eigenvalue weighted by molar-refractivity contribution is 6.30. The van der Waals surface area contributed by atoms with Gasteiger partial charge in [-0.25, -0.2) is 9.97 Å². The molecule has 1 atom stereocenters. The van der Waals surface area contributed by atoms with Gasteiger partial charge in [-0.15, -0.1) is 0 Å². The Morgan fingerprint density at radius 2 is 2.20 bits per heavy atom. The van der Waals surface area contributed by atoms with E-state index in [1.54, 1.807) is 26.0 Å². The van der Waals surface area contributed by atoms with Crippen LogP contribution in [0.25, 0.3) is 0 Å². The molecule has 0 saturated carbocycles. The largest absolute Gasteiger partial charge is 0.466 e. The maximum absolute atomic E-state index is 10.4. The topological polar surface area (TPSA) is 71.2 Å². The van der Waals surface area contributed by atoms with Crippen LogP contribution >= 0.6 is 11.6 Å². The van der Waals surface area contributed by atoms with Gasteiger partial charge < -0.3 is 14.8 Å². The molecule has 0 aliphatic rings. The van der Waals surface area contributed by atoms with Crippen molar-refractivity contribution in [3.8, 4) is 0 Å². The molecular formula is C14H18ClN3O2. The van der Waals surface area contributed by atoms with Crippen LogP contribution < -0.4 is 5.32 Å². The molecule has 2 rings (SSSR count). The van der Waals surface area contributed by atoms with E-state index in [0.29, 0.717) is 29.0 Å². The van der Waals surface area contributed by atoms with Gasteiger partial charge in [-0.2, -0.15) is 0 Å². The van der Waals surface area contributed by atoms with Crippen LogP contribution in [0.2, 0.25) is 5.15 Å². The summed E-state index contributed by atoms with van der Waals surface area (Å²) >= 11 is 6.11. The monoisotopic (exact) mass is 295 g/mol. The smallest absolute Gasteiger partial charge is 0.138 e. The summed E-state index contributed by atoms with van der Waals surface area (Å²) in [5.41, 5.74) is -0.285. The minimum Gasteiger partial charge on any atom is -0.466 e. The normalized spacial score (nSPS) is 14.1. The average Bonchev–Trinajstić information content (AvgIpc) is 2.90. The Bertz CT molecular complexity index is 582. The van der Waals surface area contributed by atoms with Crippen LogP contribution in [0.1, 0.15) is 31.0 Å². The summed E-state index contributed by atoms with van der Waals surface area (Å²) in [6, 6.07) is 3.48. The molecule has 108 valence electrons. The maximum atomic E-state index is 10.4. The van der Waals surface area contributed by atoms with E-state index in [4.69, 9.17) is 16.0 Å². The molecule has 0 aromatic carbocycles. The molecule has 6 heteroatoms. The highest BCUT2D eigenvalue weighted by Crippen LogP contribution is 2.25. The van der Waals surface area contributed by atoms with Crippen molar-refractivity contribution in [2.45, 2.75) is 32.8 Å². The molecule has 20 heavy (non-hydrogen) atoms. The third kappa shape index (κ3) is 3.11. The Kier molecular flexibility index (Phi) is 4.30. The van der Waals surface area contributed by atoms with Crippen molar-refractivity contribution < 1.29 is 9.52 Å². The molecule has 2 heterocycles. The third-order valence-corrected chi connectivity index (χ3v) is 3.39. The number of halogens is 1. The van der Waals surface area contributed by atoms with Gasteiger partial charge in [0, 0.05) is 5.56 Å². The van der Waals surface area contributed by atoms with Gasteiger partial charge in [-0.05, 0) is 32.4 Å². The molecular weight excluding hydrogens is 278 g/mol. The van der Waals surface area contributed by atoms with Gasteiger partial charge in [0.2, 0.25) is 0 Å². The number of aromatic nitrogens is 2. The Morgan fingerprint density at radius 3 is 2.80 bits per heavy atom. The van der Waals surface area contributed by atoms with Gasteiger partial charge in [0.1, 0.15) is 28.2 Å². The molecule has 0 saturated heterocycles. The lowest BCUT2D eigenvalue weighted by Gasteiger charge is -2.22. The van der Waals surface area contributed by atoms with Crippen molar-refractivity contribution in [2.75, 3.05) is 11.9 Å². The van der Waals surface area contributed by atoms with E-state index in [0.717, 1.165) is 5.56 Å². The quantitative estimate of drug-likeness (QED) is 0.830. The zero-order chi connectivity index (χ0) is 14.8. The van der Waals surface area contributed by atoms with Crippen LogP contribution in [0.5, 0.6) is 0 Å². The summed E-state index contributed by atoms with van der Waals surface area (Å²) in [7, 11) is 0. The second-order valence-electron chi connectivity index (χ2n) is 4.85. The number of hydrogen-bond donors (Lipinski definition) is 2. The molecule has 0 aliphatic heterocycles. The number of nitrogens with zero attached hydrogens (tertiary/aromatic N) is 2. The molecule has 0 radical (unpaired) electrons. The molecule has 0 amide bonds. The zero-order valence-electron chi connectivity index (χ0n) is 11.8. The number of nitrogens with one attached hydrogen (secondary N) is 1. The van der Waals surface area contributed by atoms with Gasteiger partial charge in [0.05, 0.1) is 12.8 Å². The zero-order valence-corrected chi connectivity index (χ0v) is 12.5. The van der Waals surface area contributed by atoms with Crippen LogP contribution in [0, 0.1) is 6.92 Å². The summed E-state index contributed by atoms with van der Waals surface area (Å²) in [5, 5.41) is 14.0. The van der Waals surface area contributed by atoms with E-state index in [-0.39, 0.29) is 6.54 Å². The summed E-state index contributed by atoms with van der Waals surface area (Å²) in [6.07, 6.45) is 2.25. The Balaban J connectivity index is 2.19. The second-order valence-corrected chi connectivity index (χ2v) is 5.21. The number of furan rings is 1. The van der Waals surface area contributed by atoms with Crippen LogP contribution in [-0.4, -0.2) is 21.6 Å². The lowest BCUT2D eigenvalue weighted by molar-refractivity contribution is 0.0475. The molecule has 0 aliphatic carbocycles. The van der Waals surface area contributed by atoms with Crippen molar-refractivity contribution in [3.63, 3.8) is 0 Å². The molecule has 2 aromatic rings. The predicted octanol–water partition coefficient (Wildman–Crippen LogP) is 2.91. The van der Waals surface area contributed by atoms with Crippen molar-refractivity contribution in [1.29, 1.82) is 0 Å². The minimum atomic E-state index is -1.13. The van der Waals surface area contributed by atoms with Gasteiger partial charge in [-0.3, -0.25) is 0 Å². The third-order valence-electron chi connectivity index (χ3n) is 3.07. The average molecular weight is 296 g/mol. The van der Waals surface area contributed by atoms with Gasteiger partial charge >= 0.3 is 0 Å². The molecule has 2 aromatic heterocycles. The second kappa shape index (κ2) is 5.81. The van der Waals surface area contributed by atoms with Gasteiger partial charge in [-0.1, -0.05) is 18.5 Å². The van der Waals surface area contributed by atoms with E-state index in [1.807, 2.05) is 6.92 Å². The van der Waals surface area contributed by atoms with Crippen molar-refractivity contribution in [3.05, 3.63) is 40.7 Å². The molecule has 0 fully saturated rings. The minimum absolute atomic E-state index is 0.264. The van der Waals surface area contributed by atoms with Crippen molar-refractivity contribution in [1.82, 2.24) is 9.97 Å². The van der Waals surface area contributed by atoms with Crippen molar-refractivity contribution in [2.24, 2.45) is 0 Å². The standard InChI is InChI=1S/C14H18ClN3O2/c1-4-10-12(15)17-9(2)18-13(10)16-8-14(3,19)11-6-5-7-20-11/h5-7,19H,4,8H2,1-3H3,(H,16,17,18). The number of aryl methyl sites for hydroxylation is 1. The first-order valence-electron chi connectivity index (χ1n) is 6.47. The van der Waals surface area contributed by atoms with Crippen LogP contribution in [0.15, 0.2) is 22.8 Å². The lowest BCUT2D eigenvalue weighted by atomic mass is 10.0. The Labute approximate surface area is 123 Å². The van der Waals surface area contributed by atoms with Crippen LogP contribution in [0.4, 0.5) is 5.82 Å². The molecule has 0 bridgehead atoms. The summed E-state index contributed by atoms with van der Waals surface area (Å²) in [4.78, 5) is 8.47. The highest BCUT2D eigenvalue weighted by Gasteiger charge is 2.26. The molecule has 1 unspecified atom stereocenters. The van der Waals surface area contributed by atoms with Crippen molar-refractivity contribution >= 4 is 17.4 Å². The number of hydrogen-bond acceptors (Lipinski definition) is 5. The lowest BCUT2D eigenvalue weighted by Crippen LogP contribution is -2.31. The summed E-state index contributed by atoms with van der Waals surface area (Å²) < 4.78 is 5.24. The Morgan fingerprint density at radius 1 is 1.45 bits per heavy atom. The van der Waals surface area contributed by atoms with E-state index >= 15 is 0 Å². The van der Waals surface area contributed by atoms with E-state index in [2.05, 4.69) is 15.3 Å². The van der Waals surface area contributed by atoms with Gasteiger partial charge in [0.15, 0.2) is 0 Å². The van der Waals surface area contributed by atoms with E-state index in [1.165, 1.54) is 6.26 Å². The predicted molar refractivity (Wildman–Crippen MR) is 77.9 cm³/mol. The number of anilines is 1. The first kappa shape index (κ1) is 14.8. The molecule has 5 nitrogen and oxygen atoms in total. The fourth-order valence-electron chi connectivity index (χ4n) is 1.95. The fraction of sp³-hybridized carbons (Fsp3) is 0.429. The first-order chi connectivity index (χ1) is 9.44. The number of rotatable bonds is 5. The summed E-state index contributed by atoms with van der Waals surface area (Å²) in [6.45, 7) is 5.71.